The Morgan fingerprint density at radius 2 is 1.65 bits per heavy atom. The minimum Gasteiger partial charge on any atom is -0.375 e. The zero-order chi connectivity index (χ0) is 19.5. The van der Waals surface area contributed by atoms with Gasteiger partial charge in [-0.2, -0.15) is 8.78 Å². The Kier molecular flexibility index (Phi) is 5.80. The van der Waals surface area contributed by atoms with Crippen LogP contribution in [0.2, 0.25) is 0 Å². The largest absolute Gasteiger partial charge is 0.375 e. The zero-order valence-corrected chi connectivity index (χ0v) is 13.7. The van der Waals surface area contributed by atoms with Gasteiger partial charge in [-0.3, -0.25) is 10.1 Å². The number of anilines is 1. The predicted octanol–water partition coefficient (Wildman–Crippen LogP) is 4.14. The molecule has 11 heteroatoms. The fourth-order valence-electron chi connectivity index (χ4n) is 2.07. The number of hydrogen-bond donors (Lipinski definition) is 1. The van der Waals surface area contributed by atoms with Gasteiger partial charge >= 0.3 is 5.76 Å². The van der Waals surface area contributed by atoms with Crippen LogP contribution in [0, 0.1) is 10.1 Å². The molecule has 0 unspecified atom stereocenters. The number of nitro benzene ring substituents is 1. The average molecular weight is 392 g/mol. The third-order valence-corrected chi connectivity index (χ3v) is 4.82. The van der Waals surface area contributed by atoms with E-state index in [1.807, 2.05) is 0 Å². The number of nitrogens with zero attached hydrogens (tertiary/aromatic N) is 1. The summed E-state index contributed by atoms with van der Waals surface area (Å²) in [7, 11) is -4.97. The van der Waals surface area contributed by atoms with Crippen molar-refractivity contribution >= 4 is 21.2 Å². The molecule has 26 heavy (non-hydrogen) atoms. The summed E-state index contributed by atoms with van der Waals surface area (Å²) in [5.41, 5.74) is -0.439. The van der Waals surface area contributed by atoms with Crippen LogP contribution in [0.3, 0.4) is 0 Å². The van der Waals surface area contributed by atoms with Crippen molar-refractivity contribution in [2.45, 2.75) is 23.6 Å². The van der Waals surface area contributed by atoms with Gasteiger partial charge in [0.05, 0.1) is 9.82 Å². The van der Waals surface area contributed by atoms with Gasteiger partial charge in [-0.05, 0) is 17.7 Å². The standard InChI is InChI=1S/C15H12F4N2O4S/c16-14(17)10-3-1-9(2-4-10)8-20-12-6-5-11(7-13(12)21(22)23)26(24,25)15(18)19/h1-7,14-15,20H,8H2. The lowest BCUT2D eigenvalue weighted by Gasteiger charge is -2.10. The lowest BCUT2D eigenvalue weighted by Crippen LogP contribution is -2.12. The fourth-order valence-corrected chi connectivity index (χ4v) is 2.81. The summed E-state index contributed by atoms with van der Waals surface area (Å²) in [6, 6.07) is 7.58. The Morgan fingerprint density at radius 1 is 1.04 bits per heavy atom. The summed E-state index contributed by atoms with van der Waals surface area (Å²) in [5.74, 6) is -3.70. The van der Waals surface area contributed by atoms with Gasteiger partial charge in [0.2, 0.25) is 9.84 Å². The molecule has 0 saturated heterocycles. The van der Waals surface area contributed by atoms with E-state index in [0.717, 1.165) is 12.1 Å². The van der Waals surface area contributed by atoms with Crippen LogP contribution in [0.25, 0.3) is 0 Å². The molecule has 0 aromatic heterocycles. The van der Waals surface area contributed by atoms with Crippen molar-refractivity contribution < 1.29 is 30.9 Å². The lowest BCUT2D eigenvalue weighted by molar-refractivity contribution is -0.384. The molecular formula is C15H12F4N2O4S. The van der Waals surface area contributed by atoms with E-state index in [0.29, 0.717) is 11.6 Å². The highest BCUT2D eigenvalue weighted by atomic mass is 32.2. The van der Waals surface area contributed by atoms with Gasteiger partial charge in [-0.1, -0.05) is 24.3 Å². The van der Waals surface area contributed by atoms with Gasteiger partial charge in [-0.25, -0.2) is 17.2 Å². The van der Waals surface area contributed by atoms with Crippen molar-refractivity contribution in [2.24, 2.45) is 0 Å². The van der Waals surface area contributed by atoms with Gasteiger partial charge in [0, 0.05) is 18.2 Å². The second-order valence-corrected chi connectivity index (χ2v) is 7.06. The van der Waals surface area contributed by atoms with Crippen molar-refractivity contribution in [1.82, 2.24) is 0 Å². The van der Waals surface area contributed by atoms with E-state index in [2.05, 4.69) is 5.32 Å². The molecule has 140 valence electrons. The highest BCUT2D eigenvalue weighted by Gasteiger charge is 2.29. The smallest absolute Gasteiger partial charge is 0.341 e. The van der Waals surface area contributed by atoms with Crippen molar-refractivity contribution in [3.8, 4) is 0 Å². The third-order valence-electron chi connectivity index (χ3n) is 3.44. The molecule has 0 radical (unpaired) electrons. The van der Waals surface area contributed by atoms with Crippen molar-refractivity contribution in [3.05, 3.63) is 63.7 Å². The van der Waals surface area contributed by atoms with Gasteiger partial charge in [0.15, 0.2) is 0 Å². The molecule has 0 bridgehead atoms. The molecule has 2 aromatic carbocycles. The topological polar surface area (TPSA) is 89.3 Å². The normalized spacial score (nSPS) is 11.8. The molecule has 0 fully saturated rings. The first kappa shape index (κ1) is 19.6. The van der Waals surface area contributed by atoms with Crippen molar-refractivity contribution in [1.29, 1.82) is 0 Å². The monoisotopic (exact) mass is 392 g/mol. The van der Waals surface area contributed by atoms with Gasteiger partial charge in [-0.15, -0.1) is 0 Å². The molecule has 2 aromatic rings. The van der Waals surface area contributed by atoms with E-state index in [9.17, 15) is 36.1 Å². The summed E-state index contributed by atoms with van der Waals surface area (Å²) in [5, 5.41) is 13.8. The van der Waals surface area contributed by atoms with Gasteiger partial charge in [0.25, 0.3) is 12.1 Å². The van der Waals surface area contributed by atoms with Crippen LogP contribution in [-0.2, 0) is 16.4 Å². The number of nitro groups is 1. The number of alkyl halides is 4. The summed E-state index contributed by atoms with van der Waals surface area (Å²) in [6.45, 7) is 0.0191. The molecule has 0 aliphatic rings. The Balaban J connectivity index is 2.25. The minimum absolute atomic E-state index is 0.0191. The van der Waals surface area contributed by atoms with E-state index in [-0.39, 0.29) is 17.8 Å². The maximum Gasteiger partial charge on any atom is 0.341 e. The highest BCUT2D eigenvalue weighted by molar-refractivity contribution is 7.91. The van der Waals surface area contributed by atoms with E-state index in [1.165, 1.54) is 24.3 Å². The second kappa shape index (κ2) is 7.68. The maximum atomic E-state index is 12.6. The van der Waals surface area contributed by atoms with Crippen molar-refractivity contribution in [2.75, 3.05) is 5.32 Å². The van der Waals surface area contributed by atoms with Crippen LogP contribution in [0.5, 0.6) is 0 Å². The molecule has 6 nitrogen and oxygen atoms in total. The molecule has 0 heterocycles. The van der Waals surface area contributed by atoms with Crippen LogP contribution in [0.15, 0.2) is 47.4 Å². The van der Waals surface area contributed by atoms with Crippen LogP contribution in [-0.4, -0.2) is 19.1 Å². The van der Waals surface area contributed by atoms with Gasteiger partial charge in [0.1, 0.15) is 5.69 Å². The lowest BCUT2D eigenvalue weighted by atomic mass is 10.1. The molecule has 0 atom stereocenters. The first-order chi connectivity index (χ1) is 12.1. The number of benzene rings is 2. The van der Waals surface area contributed by atoms with Crippen LogP contribution in [0.4, 0.5) is 28.9 Å². The minimum atomic E-state index is -4.97. The Labute approximate surface area is 145 Å². The average Bonchev–Trinajstić information content (AvgIpc) is 2.59. The Hall–Kier alpha value is -2.69. The van der Waals surface area contributed by atoms with Crippen LogP contribution >= 0.6 is 0 Å². The van der Waals surface area contributed by atoms with Crippen molar-refractivity contribution in [3.63, 3.8) is 0 Å². The summed E-state index contributed by atoms with van der Waals surface area (Å²) < 4.78 is 73.0. The Morgan fingerprint density at radius 3 is 2.15 bits per heavy atom. The molecule has 0 amide bonds. The summed E-state index contributed by atoms with van der Waals surface area (Å²) in [4.78, 5) is 9.32. The molecule has 0 spiro atoms. The summed E-state index contributed by atoms with van der Waals surface area (Å²) >= 11 is 0. The van der Waals surface area contributed by atoms with Gasteiger partial charge < -0.3 is 5.32 Å². The number of hydrogen-bond acceptors (Lipinski definition) is 5. The SMILES string of the molecule is O=[N+]([O-])c1cc(S(=O)(=O)C(F)F)ccc1NCc1ccc(C(F)F)cc1. The molecule has 0 saturated carbocycles. The third kappa shape index (κ3) is 4.28. The maximum absolute atomic E-state index is 12.6. The first-order valence-corrected chi connectivity index (χ1v) is 8.59. The molecular weight excluding hydrogens is 380 g/mol. The zero-order valence-electron chi connectivity index (χ0n) is 12.9. The first-order valence-electron chi connectivity index (χ1n) is 7.04. The van der Waals surface area contributed by atoms with Crippen LogP contribution < -0.4 is 5.32 Å². The molecule has 1 N–H and O–H groups in total. The summed E-state index contributed by atoms with van der Waals surface area (Å²) in [6.07, 6.45) is -2.62. The van der Waals surface area contributed by atoms with E-state index in [4.69, 9.17) is 0 Å². The molecule has 0 aliphatic heterocycles. The van der Waals surface area contributed by atoms with E-state index < -0.39 is 37.5 Å². The quantitative estimate of drug-likeness (QED) is 0.435. The van der Waals surface area contributed by atoms with Crippen LogP contribution in [0.1, 0.15) is 17.6 Å². The fraction of sp³-hybridized carbons (Fsp3) is 0.200. The number of rotatable bonds is 7. The highest BCUT2D eigenvalue weighted by Crippen LogP contribution is 2.30. The Bertz CT molecular complexity index is 902. The number of sulfone groups is 1. The second-order valence-electron chi connectivity index (χ2n) is 5.14. The molecule has 0 aliphatic carbocycles. The number of nitrogens with one attached hydrogen (secondary N) is 1. The molecule has 2 rings (SSSR count). The number of halogens is 4. The van der Waals surface area contributed by atoms with E-state index in [1.54, 1.807) is 0 Å². The predicted molar refractivity (Wildman–Crippen MR) is 85.0 cm³/mol. The van der Waals surface area contributed by atoms with E-state index >= 15 is 0 Å².